The van der Waals surface area contributed by atoms with E-state index in [0.29, 0.717) is 54.7 Å². The second-order valence-electron chi connectivity index (χ2n) is 9.74. The second kappa shape index (κ2) is 16.7. The third-order valence-corrected chi connectivity index (χ3v) is 8.23. The van der Waals surface area contributed by atoms with Gasteiger partial charge in [0.2, 0.25) is 5.91 Å². The molecule has 1 heterocycles. The quantitative estimate of drug-likeness (QED) is 0.220. The van der Waals surface area contributed by atoms with Gasteiger partial charge in [-0.1, -0.05) is 43.6 Å². The number of anilines is 1. The molecule has 8 heteroatoms. The van der Waals surface area contributed by atoms with Crippen molar-refractivity contribution < 1.29 is 18.3 Å². The lowest BCUT2D eigenvalue weighted by molar-refractivity contribution is -0.117. The zero-order valence-electron chi connectivity index (χ0n) is 23.4. The van der Waals surface area contributed by atoms with E-state index in [4.69, 9.17) is 16.3 Å². The van der Waals surface area contributed by atoms with Crippen LogP contribution in [-0.4, -0.2) is 25.2 Å². The molecule has 1 unspecified atom stereocenters. The molecule has 2 atom stereocenters. The Bertz CT molecular complexity index is 1190. The van der Waals surface area contributed by atoms with Crippen molar-refractivity contribution in [1.29, 1.82) is 0 Å². The average Bonchev–Trinajstić information content (AvgIpc) is 2.97. The molecular formula is C32H39ClF2N2O2S. The van der Waals surface area contributed by atoms with E-state index >= 15 is 0 Å². The van der Waals surface area contributed by atoms with E-state index in [1.54, 1.807) is 24.3 Å². The van der Waals surface area contributed by atoms with E-state index in [2.05, 4.69) is 10.0 Å². The predicted molar refractivity (Wildman–Crippen MR) is 162 cm³/mol. The third kappa shape index (κ3) is 9.88. The predicted octanol–water partition coefficient (Wildman–Crippen LogP) is 8.80. The molecule has 40 heavy (non-hydrogen) atoms. The van der Waals surface area contributed by atoms with Crippen LogP contribution in [0.4, 0.5) is 14.5 Å². The van der Waals surface area contributed by atoms with Crippen molar-refractivity contribution in [2.45, 2.75) is 69.7 Å². The minimum absolute atomic E-state index is 0.0286. The van der Waals surface area contributed by atoms with Crippen LogP contribution in [0.25, 0.3) is 0 Å². The van der Waals surface area contributed by atoms with E-state index in [1.165, 1.54) is 30.1 Å². The van der Waals surface area contributed by atoms with Crippen LogP contribution in [0.2, 0.25) is 5.02 Å². The van der Waals surface area contributed by atoms with Gasteiger partial charge >= 0.3 is 0 Å². The molecule has 3 aromatic rings. The molecule has 4 nitrogen and oxygen atoms in total. The summed E-state index contributed by atoms with van der Waals surface area (Å²) < 4.78 is 36.8. The van der Waals surface area contributed by atoms with E-state index in [0.717, 1.165) is 23.3 Å². The SMILES string of the molecule is CC.C[C@H](CCc1c(F)cccc1NC(=O)CC(c1ccc(Cl)cc1)C1CCOCC1)NSc1ccc(F)cc1. The number of hydrogen-bond donors (Lipinski definition) is 2. The van der Waals surface area contributed by atoms with Crippen molar-refractivity contribution in [3.05, 3.63) is 94.5 Å². The number of benzene rings is 3. The third-order valence-electron chi connectivity index (χ3n) is 6.95. The van der Waals surface area contributed by atoms with Crippen LogP contribution in [0.15, 0.2) is 71.6 Å². The van der Waals surface area contributed by atoms with Crippen molar-refractivity contribution >= 4 is 35.1 Å². The molecule has 4 rings (SSSR count). The van der Waals surface area contributed by atoms with E-state index in [1.807, 2.05) is 45.0 Å². The lowest BCUT2D eigenvalue weighted by Gasteiger charge is -2.30. The first-order valence-electron chi connectivity index (χ1n) is 14.0. The van der Waals surface area contributed by atoms with Crippen LogP contribution in [-0.2, 0) is 16.0 Å². The second-order valence-corrected chi connectivity index (χ2v) is 11.1. The Morgan fingerprint density at radius 2 is 1.70 bits per heavy atom. The molecule has 1 amide bonds. The number of rotatable bonds is 11. The molecule has 0 aromatic heterocycles. The standard InChI is InChI=1S/C30H33ClF2N2O2S.C2H6/c1-20(35-38-25-12-10-24(32)11-13-25)5-14-26-28(33)3-2-4-29(26)34-30(36)19-27(22-15-17-37-18-16-22)21-6-8-23(31)9-7-21;1-2/h2-4,6-13,20,22,27,35H,5,14-19H2,1H3,(H,34,36);1-2H3/t20-,27?;/m1./s1. The number of halogens is 3. The molecule has 1 aliphatic heterocycles. The smallest absolute Gasteiger partial charge is 0.225 e. The highest BCUT2D eigenvalue weighted by Crippen LogP contribution is 2.36. The maximum Gasteiger partial charge on any atom is 0.225 e. The van der Waals surface area contributed by atoms with E-state index < -0.39 is 0 Å². The molecule has 0 spiro atoms. The number of ether oxygens (including phenoxy) is 1. The Morgan fingerprint density at radius 1 is 1.02 bits per heavy atom. The summed E-state index contributed by atoms with van der Waals surface area (Å²) in [6.07, 6.45) is 3.21. The van der Waals surface area contributed by atoms with E-state index in [-0.39, 0.29) is 29.5 Å². The lowest BCUT2D eigenvalue weighted by atomic mass is 9.79. The first-order valence-corrected chi connectivity index (χ1v) is 15.2. The molecule has 1 fully saturated rings. The van der Waals surface area contributed by atoms with Gasteiger partial charge in [-0.2, -0.15) is 0 Å². The van der Waals surface area contributed by atoms with Crippen LogP contribution in [0.1, 0.15) is 63.5 Å². The first-order chi connectivity index (χ1) is 19.4. The summed E-state index contributed by atoms with van der Waals surface area (Å²) in [5, 5.41) is 3.65. The largest absolute Gasteiger partial charge is 0.381 e. The molecule has 1 aliphatic rings. The van der Waals surface area contributed by atoms with Crippen LogP contribution in [0, 0.1) is 17.6 Å². The summed E-state index contributed by atoms with van der Waals surface area (Å²) in [6, 6.07) is 18.8. The normalized spacial score (nSPS) is 15.1. The van der Waals surface area contributed by atoms with Crippen LogP contribution in [0.3, 0.4) is 0 Å². The Hall–Kier alpha value is -2.45. The van der Waals surface area contributed by atoms with Gasteiger partial charge in [-0.15, -0.1) is 0 Å². The molecule has 0 bridgehead atoms. The highest BCUT2D eigenvalue weighted by Gasteiger charge is 2.28. The molecule has 0 saturated carbocycles. The van der Waals surface area contributed by atoms with Gasteiger partial charge in [-0.25, -0.2) is 8.78 Å². The van der Waals surface area contributed by atoms with Gasteiger partial charge in [0, 0.05) is 46.8 Å². The maximum atomic E-state index is 14.9. The molecule has 3 aromatic carbocycles. The zero-order chi connectivity index (χ0) is 28.9. The van der Waals surface area contributed by atoms with Crippen molar-refractivity contribution in [3.8, 4) is 0 Å². The summed E-state index contributed by atoms with van der Waals surface area (Å²) in [7, 11) is 0. The van der Waals surface area contributed by atoms with Crippen LogP contribution >= 0.6 is 23.5 Å². The lowest BCUT2D eigenvalue weighted by Crippen LogP contribution is -2.26. The topological polar surface area (TPSA) is 50.4 Å². The Labute approximate surface area is 246 Å². The highest BCUT2D eigenvalue weighted by molar-refractivity contribution is 7.97. The van der Waals surface area contributed by atoms with Crippen molar-refractivity contribution in [2.24, 2.45) is 5.92 Å². The van der Waals surface area contributed by atoms with Crippen molar-refractivity contribution in [2.75, 3.05) is 18.5 Å². The zero-order valence-corrected chi connectivity index (χ0v) is 25.0. The minimum atomic E-state index is -0.333. The molecule has 0 radical (unpaired) electrons. The molecule has 2 N–H and O–H groups in total. The maximum absolute atomic E-state index is 14.9. The van der Waals surface area contributed by atoms with Gasteiger partial charge < -0.3 is 10.1 Å². The Kier molecular flexibility index (Phi) is 13.4. The van der Waals surface area contributed by atoms with Crippen molar-refractivity contribution in [3.63, 3.8) is 0 Å². The monoisotopic (exact) mass is 588 g/mol. The summed E-state index contributed by atoms with van der Waals surface area (Å²) >= 11 is 7.51. The number of nitrogens with one attached hydrogen (secondary N) is 2. The van der Waals surface area contributed by atoms with E-state index in [9.17, 15) is 13.6 Å². The molecule has 1 saturated heterocycles. The summed E-state index contributed by atoms with van der Waals surface area (Å²) in [6.45, 7) is 7.40. The Morgan fingerprint density at radius 3 is 2.38 bits per heavy atom. The van der Waals surface area contributed by atoms with Gasteiger partial charge in [0.1, 0.15) is 11.6 Å². The fourth-order valence-corrected chi connectivity index (χ4v) is 5.66. The average molecular weight is 589 g/mol. The van der Waals surface area contributed by atoms with Gasteiger partial charge in [0.15, 0.2) is 0 Å². The minimum Gasteiger partial charge on any atom is -0.381 e. The summed E-state index contributed by atoms with van der Waals surface area (Å²) in [5.74, 6) is -0.390. The molecular weight excluding hydrogens is 550 g/mol. The summed E-state index contributed by atoms with van der Waals surface area (Å²) in [5.41, 5.74) is 2.08. The van der Waals surface area contributed by atoms with Gasteiger partial charge in [-0.3, -0.25) is 9.52 Å². The number of carbonyl (C=O) groups is 1. The first kappa shape index (κ1) is 32.1. The van der Waals surface area contributed by atoms with Crippen LogP contribution in [0.5, 0.6) is 0 Å². The molecule has 0 aliphatic carbocycles. The fraction of sp³-hybridized carbons (Fsp3) is 0.406. The van der Waals surface area contributed by atoms with Gasteiger partial charge in [0.25, 0.3) is 0 Å². The molecule has 216 valence electrons. The Balaban J connectivity index is 0.00000216. The van der Waals surface area contributed by atoms with Crippen molar-refractivity contribution in [1.82, 2.24) is 4.72 Å². The number of hydrogen-bond acceptors (Lipinski definition) is 4. The number of amides is 1. The van der Waals surface area contributed by atoms with Gasteiger partial charge in [-0.05, 0) is 110 Å². The summed E-state index contributed by atoms with van der Waals surface area (Å²) in [4.78, 5) is 14.2. The van der Waals surface area contributed by atoms with Gasteiger partial charge in [0.05, 0.1) is 0 Å². The van der Waals surface area contributed by atoms with Crippen LogP contribution < -0.4 is 10.0 Å². The fourth-order valence-electron chi connectivity index (χ4n) is 4.81. The number of carbonyl (C=O) groups excluding carboxylic acids is 1. The highest BCUT2D eigenvalue weighted by atomic mass is 35.5.